The van der Waals surface area contributed by atoms with Crippen LogP contribution in [0, 0.1) is 0 Å². The highest BCUT2D eigenvalue weighted by molar-refractivity contribution is 6.62. The maximum atomic E-state index is 10.3. The zero-order valence-electron chi connectivity index (χ0n) is 11.7. The maximum Gasteiger partial charge on any atom is 0.531 e. The molecule has 1 rings (SSSR count). The minimum absolute atomic E-state index is 0.402. The standard InChI is InChI=1S/C12H26O5Si/c1-4-15-18(16-5-2,17-6-3)12(13)9-7-8-11-10-14-11/h11-13H,4-10H2,1-3H3. The second-order valence-electron chi connectivity index (χ2n) is 4.30. The Kier molecular flexibility index (Phi) is 7.36. The Bertz CT molecular complexity index is 205. The summed E-state index contributed by atoms with van der Waals surface area (Å²) in [5.74, 6) is 0. The molecule has 1 aliphatic heterocycles. The predicted molar refractivity (Wildman–Crippen MR) is 70.2 cm³/mol. The SMILES string of the molecule is CCO[Si](OCC)(OCC)C(O)CCCC1CO1. The Morgan fingerprint density at radius 1 is 1.17 bits per heavy atom. The Labute approximate surface area is 111 Å². The molecule has 0 spiro atoms. The first-order valence-electron chi connectivity index (χ1n) is 6.90. The molecular weight excluding hydrogens is 252 g/mol. The van der Waals surface area contributed by atoms with E-state index in [0.717, 1.165) is 19.4 Å². The van der Waals surface area contributed by atoms with Gasteiger partial charge in [0.05, 0.1) is 12.7 Å². The normalized spacial score (nSPS) is 21.0. The number of epoxide rings is 1. The molecule has 0 bridgehead atoms. The highest BCUT2D eigenvalue weighted by Gasteiger charge is 2.48. The minimum Gasteiger partial charge on any atom is -0.389 e. The minimum atomic E-state index is -2.94. The molecule has 0 aromatic rings. The summed E-state index contributed by atoms with van der Waals surface area (Å²) in [7, 11) is -2.94. The summed E-state index contributed by atoms with van der Waals surface area (Å²) in [6.07, 6.45) is 2.95. The number of aliphatic hydroxyl groups is 1. The van der Waals surface area contributed by atoms with Crippen molar-refractivity contribution in [1.29, 1.82) is 0 Å². The van der Waals surface area contributed by atoms with Crippen LogP contribution in [0.25, 0.3) is 0 Å². The second kappa shape index (κ2) is 8.24. The number of ether oxygens (including phenoxy) is 1. The van der Waals surface area contributed by atoms with Gasteiger partial charge in [0.15, 0.2) is 0 Å². The van der Waals surface area contributed by atoms with Crippen LogP contribution >= 0.6 is 0 Å². The highest BCUT2D eigenvalue weighted by Crippen LogP contribution is 2.22. The van der Waals surface area contributed by atoms with E-state index in [1.165, 1.54) is 0 Å². The molecule has 6 heteroatoms. The van der Waals surface area contributed by atoms with E-state index in [0.29, 0.717) is 32.3 Å². The molecule has 1 N–H and O–H groups in total. The lowest BCUT2D eigenvalue weighted by atomic mass is 10.2. The fourth-order valence-electron chi connectivity index (χ4n) is 1.97. The summed E-state index contributed by atoms with van der Waals surface area (Å²) in [4.78, 5) is 0. The lowest BCUT2D eigenvalue weighted by Crippen LogP contribution is -2.56. The summed E-state index contributed by atoms with van der Waals surface area (Å²) in [6.45, 7) is 8.03. The van der Waals surface area contributed by atoms with Crippen LogP contribution in [0.2, 0.25) is 0 Å². The van der Waals surface area contributed by atoms with E-state index < -0.39 is 14.5 Å². The predicted octanol–water partition coefficient (Wildman–Crippen LogP) is 1.50. The van der Waals surface area contributed by atoms with Gasteiger partial charge in [0, 0.05) is 19.8 Å². The van der Waals surface area contributed by atoms with Crippen LogP contribution in [0.15, 0.2) is 0 Å². The van der Waals surface area contributed by atoms with Gasteiger partial charge in [-0.05, 0) is 40.0 Å². The van der Waals surface area contributed by atoms with E-state index in [-0.39, 0.29) is 0 Å². The Hall–Kier alpha value is 0.0169. The highest BCUT2D eigenvalue weighted by atomic mass is 28.4. The Balaban J connectivity index is 2.46. The van der Waals surface area contributed by atoms with Crippen LogP contribution < -0.4 is 0 Å². The van der Waals surface area contributed by atoms with Gasteiger partial charge in [0.1, 0.15) is 5.73 Å². The van der Waals surface area contributed by atoms with Crippen molar-refractivity contribution in [3.05, 3.63) is 0 Å². The molecule has 1 saturated heterocycles. The van der Waals surface area contributed by atoms with Gasteiger partial charge in [-0.25, -0.2) is 0 Å². The molecule has 2 unspecified atom stereocenters. The van der Waals surface area contributed by atoms with E-state index >= 15 is 0 Å². The first kappa shape index (κ1) is 16.1. The smallest absolute Gasteiger partial charge is 0.389 e. The molecule has 0 amide bonds. The summed E-state index contributed by atoms with van der Waals surface area (Å²) < 4.78 is 22.1. The third kappa shape index (κ3) is 4.95. The molecule has 0 aromatic heterocycles. The Morgan fingerprint density at radius 3 is 2.06 bits per heavy atom. The molecule has 0 saturated carbocycles. The lowest BCUT2D eigenvalue weighted by molar-refractivity contribution is 0.0191. The van der Waals surface area contributed by atoms with Crippen LogP contribution in [0.3, 0.4) is 0 Å². The molecule has 5 nitrogen and oxygen atoms in total. The van der Waals surface area contributed by atoms with Gasteiger partial charge < -0.3 is 23.1 Å². The van der Waals surface area contributed by atoms with Gasteiger partial charge in [0.25, 0.3) is 0 Å². The molecule has 1 aliphatic rings. The average molecular weight is 278 g/mol. The summed E-state index contributed by atoms with van der Waals surface area (Å²) in [5, 5.41) is 10.3. The van der Waals surface area contributed by atoms with E-state index in [1.807, 2.05) is 20.8 Å². The van der Waals surface area contributed by atoms with E-state index in [9.17, 15) is 5.11 Å². The molecule has 0 aliphatic carbocycles. The zero-order valence-corrected chi connectivity index (χ0v) is 12.7. The lowest BCUT2D eigenvalue weighted by Gasteiger charge is -2.32. The van der Waals surface area contributed by atoms with Gasteiger partial charge in [-0.2, -0.15) is 0 Å². The molecule has 1 heterocycles. The average Bonchev–Trinajstić information content (AvgIpc) is 3.14. The molecule has 0 aromatic carbocycles. The largest absolute Gasteiger partial charge is 0.531 e. The van der Waals surface area contributed by atoms with Crippen molar-refractivity contribution in [2.45, 2.75) is 51.9 Å². The molecule has 0 radical (unpaired) electrons. The number of rotatable bonds is 11. The fraction of sp³-hybridized carbons (Fsp3) is 1.00. The molecular formula is C12H26O5Si. The van der Waals surface area contributed by atoms with Gasteiger partial charge in [-0.3, -0.25) is 0 Å². The summed E-state index contributed by atoms with van der Waals surface area (Å²) >= 11 is 0. The van der Waals surface area contributed by atoms with Crippen molar-refractivity contribution >= 4 is 8.80 Å². The molecule has 18 heavy (non-hydrogen) atoms. The maximum absolute atomic E-state index is 10.3. The van der Waals surface area contributed by atoms with Crippen LogP contribution in [-0.2, 0) is 18.0 Å². The third-order valence-electron chi connectivity index (χ3n) is 2.85. The van der Waals surface area contributed by atoms with Crippen LogP contribution in [0.5, 0.6) is 0 Å². The fourth-order valence-corrected chi connectivity index (χ4v) is 4.56. The monoisotopic (exact) mass is 278 g/mol. The van der Waals surface area contributed by atoms with Crippen LogP contribution in [0.1, 0.15) is 40.0 Å². The van der Waals surface area contributed by atoms with Crippen molar-refractivity contribution < 1.29 is 23.1 Å². The topological polar surface area (TPSA) is 60.5 Å². The zero-order chi connectivity index (χ0) is 13.4. The summed E-state index contributed by atoms with van der Waals surface area (Å²) in [6, 6.07) is 0. The van der Waals surface area contributed by atoms with Crippen molar-refractivity contribution in [3.8, 4) is 0 Å². The number of aliphatic hydroxyl groups excluding tert-OH is 1. The second-order valence-corrected chi connectivity index (χ2v) is 7.04. The van der Waals surface area contributed by atoms with Gasteiger partial charge in [-0.1, -0.05) is 0 Å². The quantitative estimate of drug-likeness (QED) is 0.458. The van der Waals surface area contributed by atoms with E-state index in [2.05, 4.69) is 0 Å². The van der Waals surface area contributed by atoms with Crippen molar-refractivity contribution in [1.82, 2.24) is 0 Å². The van der Waals surface area contributed by atoms with E-state index in [4.69, 9.17) is 18.0 Å². The van der Waals surface area contributed by atoms with Gasteiger partial charge in [-0.15, -0.1) is 0 Å². The van der Waals surface area contributed by atoms with Crippen LogP contribution in [0.4, 0.5) is 0 Å². The number of hydrogen-bond donors (Lipinski definition) is 1. The Morgan fingerprint density at radius 2 is 1.67 bits per heavy atom. The number of hydrogen-bond acceptors (Lipinski definition) is 5. The molecule has 1 fully saturated rings. The van der Waals surface area contributed by atoms with Crippen LogP contribution in [-0.4, -0.2) is 52.2 Å². The molecule has 108 valence electrons. The first-order valence-corrected chi connectivity index (χ1v) is 8.70. The summed E-state index contributed by atoms with van der Waals surface area (Å²) in [5.41, 5.74) is -0.643. The van der Waals surface area contributed by atoms with Crippen molar-refractivity contribution in [2.24, 2.45) is 0 Å². The molecule has 2 atom stereocenters. The van der Waals surface area contributed by atoms with E-state index in [1.54, 1.807) is 0 Å². The third-order valence-corrected chi connectivity index (χ3v) is 6.03. The van der Waals surface area contributed by atoms with Crippen molar-refractivity contribution in [2.75, 3.05) is 26.4 Å². The van der Waals surface area contributed by atoms with Gasteiger partial charge in [0.2, 0.25) is 0 Å². The van der Waals surface area contributed by atoms with Crippen molar-refractivity contribution in [3.63, 3.8) is 0 Å². The first-order chi connectivity index (χ1) is 8.68. The van der Waals surface area contributed by atoms with Gasteiger partial charge >= 0.3 is 8.80 Å².